The average Bonchev–Trinajstić information content (AvgIpc) is 3.46. The van der Waals surface area contributed by atoms with E-state index in [4.69, 9.17) is 21.1 Å². The van der Waals surface area contributed by atoms with Gasteiger partial charge in [-0.3, -0.25) is 4.79 Å². The molecule has 2 aliphatic heterocycles. The summed E-state index contributed by atoms with van der Waals surface area (Å²) in [4.78, 5) is 19.1. The molecule has 0 saturated carbocycles. The second-order valence-corrected chi connectivity index (χ2v) is 9.00. The van der Waals surface area contributed by atoms with Gasteiger partial charge in [-0.25, -0.2) is 4.98 Å². The maximum Gasteiger partial charge on any atom is 0.253 e. The molecule has 0 aliphatic carbocycles. The number of nitrogens with zero attached hydrogens (tertiary/aromatic N) is 3. The van der Waals surface area contributed by atoms with E-state index in [0.717, 1.165) is 30.4 Å². The van der Waals surface area contributed by atoms with Crippen LogP contribution in [0, 0.1) is 0 Å². The first-order chi connectivity index (χ1) is 15.6. The number of likely N-dealkylation sites (tertiary alicyclic amines) is 1. The molecule has 32 heavy (non-hydrogen) atoms. The highest BCUT2D eigenvalue weighted by Crippen LogP contribution is 2.38. The molecule has 6 nitrogen and oxygen atoms in total. The maximum absolute atomic E-state index is 13.1. The molecular weight excluding hydrogens is 426 g/mol. The van der Waals surface area contributed by atoms with Crippen LogP contribution in [0.2, 0.25) is 5.02 Å². The Morgan fingerprint density at radius 3 is 2.81 bits per heavy atom. The van der Waals surface area contributed by atoms with Gasteiger partial charge in [-0.15, -0.1) is 0 Å². The van der Waals surface area contributed by atoms with Gasteiger partial charge in [0.2, 0.25) is 0 Å². The molecule has 2 fully saturated rings. The van der Waals surface area contributed by atoms with Crippen molar-refractivity contribution in [3.05, 3.63) is 83.4 Å². The summed E-state index contributed by atoms with van der Waals surface area (Å²) in [5.74, 6) is 0.775. The van der Waals surface area contributed by atoms with Crippen LogP contribution in [0.25, 0.3) is 0 Å². The highest BCUT2D eigenvalue weighted by atomic mass is 35.5. The molecular formula is C25H26ClN3O3. The molecule has 2 aliphatic rings. The number of halogens is 1. The summed E-state index contributed by atoms with van der Waals surface area (Å²) in [6.07, 6.45) is 7.89. The van der Waals surface area contributed by atoms with Crippen LogP contribution in [0.4, 0.5) is 0 Å². The Hall–Kier alpha value is -2.83. The standard InChI is InChI=1S/C25H26ClN3O3/c26-22-6-1-2-7-23(22)32-21-15-25(31-17-21)8-11-29(12-9-25)24(30)20-5-3-4-19(14-20)16-28-13-10-27-18-28/h1-7,10,13-14,18,21H,8-9,11-12,15-17H2/t21-/m0/s1. The molecule has 3 heterocycles. The third kappa shape index (κ3) is 4.52. The molecule has 1 spiro atoms. The van der Waals surface area contributed by atoms with Gasteiger partial charge >= 0.3 is 0 Å². The summed E-state index contributed by atoms with van der Waals surface area (Å²) >= 11 is 6.23. The smallest absolute Gasteiger partial charge is 0.253 e. The molecule has 5 rings (SSSR count). The van der Waals surface area contributed by atoms with Gasteiger partial charge in [0.05, 0.1) is 23.6 Å². The third-order valence-electron chi connectivity index (χ3n) is 6.37. The Balaban J connectivity index is 1.18. The molecule has 0 unspecified atom stereocenters. The van der Waals surface area contributed by atoms with Gasteiger partial charge in [-0.2, -0.15) is 0 Å². The summed E-state index contributed by atoms with van der Waals surface area (Å²) in [5.41, 5.74) is 1.60. The predicted octanol–water partition coefficient (Wildman–Crippen LogP) is 4.43. The maximum atomic E-state index is 13.1. The molecule has 1 atom stereocenters. The molecule has 3 aromatic rings. The van der Waals surface area contributed by atoms with Gasteiger partial charge in [-0.1, -0.05) is 35.9 Å². The number of benzene rings is 2. The van der Waals surface area contributed by atoms with Crippen LogP contribution in [0.5, 0.6) is 5.75 Å². The molecule has 1 amide bonds. The first-order valence-electron chi connectivity index (χ1n) is 11.0. The van der Waals surface area contributed by atoms with Crippen molar-refractivity contribution < 1.29 is 14.3 Å². The van der Waals surface area contributed by atoms with Crippen LogP contribution in [0.1, 0.15) is 35.2 Å². The Morgan fingerprint density at radius 1 is 1.19 bits per heavy atom. The van der Waals surface area contributed by atoms with Crippen LogP contribution < -0.4 is 4.74 Å². The number of carbonyl (C=O) groups is 1. The number of amides is 1. The summed E-state index contributed by atoms with van der Waals surface area (Å²) in [5, 5.41) is 0.615. The molecule has 7 heteroatoms. The molecule has 2 aromatic carbocycles. The Morgan fingerprint density at radius 2 is 2.03 bits per heavy atom. The van der Waals surface area contributed by atoms with E-state index in [-0.39, 0.29) is 17.6 Å². The molecule has 0 radical (unpaired) electrons. The second-order valence-electron chi connectivity index (χ2n) is 8.60. The lowest BCUT2D eigenvalue weighted by molar-refractivity contribution is -0.0395. The van der Waals surface area contributed by atoms with Crippen LogP contribution in [-0.2, 0) is 11.3 Å². The summed E-state index contributed by atoms with van der Waals surface area (Å²) in [6, 6.07) is 15.4. The number of carbonyl (C=O) groups excluding carboxylic acids is 1. The van der Waals surface area contributed by atoms with Crippen LogP contribution in [0.15, 0.2) is 67.3 Å². The van der Waals surface area contributed by atoms with Crippen molar-refractivity contribution in [1.29, 1.82) is 0 Å². The van der Waals surface area contributed by atoms with Crippen molar-refractivity contribution in [2.24, 2.45) is 0 Å². The molecule has 1 aromatic heterocycles. The quantitative estimate of drug-likeness (QED) is 0.576. The van der Waals surface area contributed by atoms with Crippen LogP contribution >= 0.6 is 11.6 Å². The minimum atomic E-state index is -0.216. The van der Waals surface area contributed by atoms with Crippen molar-refractivity contribution in [2.75, 3.05) is 19.7 Å². The normalized spacial score (nSPS) is 19.9. The number of piperidine rings is 1. The van der Waals surface area contributed by atoms with Crippen LogP contribution in [0.3, 0.4) is 0 Å². The largest absolute Gasteiger partial charge is 0.486 e. The zero-order valence-corrected chi connectivity index (χ0v) is 18.6. The van der Waals surface area contributed by atoms with E-state index in [9.17, 15) is 4.79 Å². The van der Waals surface area contributed by atoms with Gasteiger partial charge in [0.25, 0.3) is 5.91 Å². The topological polar surface area (TPSA) is 56.6 Å². The van der Waals surface area contributed by atoms with E-state index in [2.05, 4.69) is 4.98 Å². The molecule has 0 N–H and O–H groups in total. The summed E-state index contributed by atoms with van der Waals surface area (Å²) in [7, 11) is 0. The Kier molecular flexibility index (Phi) is 5.89. The van der Waals surface area contributed by atoms with Crippen molar-refractivity contribution in [2.45, 2.75) is 37.5 Å². The van der Waals surface area contributed by atoms with Crippen molar-refractivity contribution >= 4 is 17.5 Å². The van der Waals surface area contributed by atoms with E-state index >= 15 is 0 Å². The Bertz CT molecular complexity index is 1080. The van der Waals surface area contributed by atoms with E-state index in [0.29, 0.717) is 37.0 Å². The van der Waals surface area contributed by atoms with Gasteiger partial charge in [0.15, 0.2) is 0 Å². The molecule has 2 saturated heterocycles. The molecule has 166 valence electrons. The fraction of sp³-hybridized carbons (Fsp3) is 0.360. The van der Waals surface area contributed by atoms with Crippen LogP contribution in [-0.4, -0.2) is 51.8 Å². The SMILES string of the molecule is O=C(c1cccc(Cn2ccnc2)c1)N1CCC2(CC1)C[C@H](Oc1ccccc1Cl)CO2. The van der Waals surface area contributed by atoms with Crippen molar-refractivity contribution in [3.63, 3.8) is 0 Å². The van der Waals surface area contributed by atoms with Gasteiger partial charge in [0, 0.05) is 44.0 Å². The predicted molar refractivity (Wildman–Crippen MR) is 122 cm³/mol. The number of para-hydroxylation sites is 1. The lowest BCUT2D eigenvalue weighted by Crippen LogP contribution is -2.46. The summed E-state index contributed by atoms with van der Waals surface area (Å²) in [6.45, 7) is 2.62. The number of rotatable bonds is 5. The lowest BCUT2D eigenvalue weighted by Gasteiger charge is -2.38. The first-order valence-corrected chi connectivity index (χ1v) is 11.4. The zero-order valence-electron chi connectivity index (χ0n) is 17.8. The van der Waals surface area contributed by atoms with Gasteiger partial charge in [0.1, 0.15) is 11.9 Å². The monoisotopic (exact) mass is 451 g/mol. The zero-order chi connectivity index (χ0) is 22.0. The summed E-state index contributed by atoms with van der Waals surface area (Å²) < 4.78 is 14.3. The highest BCUT2D eigenvalue weighted by molar-refractivity contribution is 6.32. The van der Waals surface area contributed by atoms with E-state index in [1.807, 2.05) is 64.2 Å². The second kappa shape index (κ2) is 8.96. The van der Waals surface area contributed by atoms with Gasteiger partial charge in [-0.05, 0) is 42.7 Å². The number of hydrogen-bond acceptors (Lipinski definition) is 4. The van der Waals surface area contributed by atoms with Crippen molar-refractivity contribution in [1.82, 2.24) is 14.5 Å². The number of imidazole rings is 1. The third-order valence-corrected chi connectivity index (χ3v) is 6.68. The average molecular weight is 452 g/mol. The minimum Gasteiger partial charge on any atom is -0.486 e. The Labute approximate surface area is 192 Å². The lowest BCUT2D eigenvalue weighted by atomic mass is 9.87. The fourth-order valence-corrected chi connectivity index (χ4v) is 4.82. The van der Waals surface area contributed by atoms with Gasteiger partial charge < -0.3 is 18.9 Å². The fourth-order valence-electron chi connectivity index (χ4n) is 4.64. The highest BCUT2D eigenvalue weighted by Gasteiger charge is 2.44. The molecule has 0 bridgehead atoms. The number of ether oxygens (including phenoxy) is 2. The van der Waals surface area contributed by atoms with E-state index in [1.54, 1.807) is 12.5 Å². The number of aromatic nitrogens is 2. The minimum absolute atomic E-state index is 0.0167. The van der Waals surface area contributed by atoms with Crippen molar-refractivity contribution in [3.8, 4) is 5.75 Å². The van der Waals surface area contributed by atoms with E-state index in [1.165, 1.54) is 0 Å². The first kappa shape index (κ1) is 21.0. The van der Waals surface area contributed by atoms with E-state index < -0.39 is 0 Å². The number of hydrogen-bond donors (Lipinski definition) is 0.